The first kappa shape index (κ1) is 13.2. The molecule has 0 spiro atoms. The number of nitrogens with two attached hydrogens (primary N) is 1. The zero-order valence-electron chi connectivity index (χ0n) is 12.3. The zero-order chi connectivity index (χ0) is 14.3. The molecule has 2 nitrogen and oxygen atoms in total. The second-order valence-electron chi connectivity index (χ2n) is 6.24. The molecule has 3 rings (SSSR count). The van der Waals surface area contributed by atoms with Gasteiger partial charge in [-0.3, -0.25) is 0 Å². The van der Waals surface area contributed by atoms with E-state index < -0.39 is 0 Å². The molecule has 2 aromatic carbocycles. The minimum atomic E-state index is -0.0956. The Morgan fingerprint density at radius 3 is 2.65 bits per heavy atom. The summed E-state index contributed by atoms with van der Waals surface area (Å²) < 4.78 is 5.94. The minimum Gasteiger partial charge on any atom is -0.487 e. The number of ether oxygens (including phenoxy) is 1. The van der Waals surface area contributed by atoms with Gasteiger partial charge in [0.25, 0.3) is 0 Å². The van der Waals surface area contributed by atoms with E-state index in [1.54, 1.807) is 0 Å². The predicted octanol–water partition coefficient (Wildman–Crippen LogP) is 4.09. The van der Waals surface area contributed by atoms with Crippen molar-refractivity contribution >= 4 is 0 Å². The van der Waals surface area contributed by atoms with Gasteiger partial charge in [0, 0.05) is 12.5 Å². The summed E-state index contributed by atoms with van der Waals surface area (Å²) >= 11 is 0. The van der Waals surface area contributed by atoms with Crippen LogP contribution in [0.4, 0.5) is 0 Å². The van der Waals surface area contributed by atoms with Crippen LogP contribution in [0.3, 0.4) is 0 Å². The van der Waals surface area contributed by atoms with E-state index in [2.05, 4.69) is 50.2 Å². The highest BCUT2D eigenvalue weighted by molar-refractivity contribution is 5.70. The van der Waals surface area contributed by atoms with Crippen molar-refractivity contribution in [3.8, 4) is 16.9 Å². The van der Waals surface area contributed by atoms with Gasteiger partial charge in [0.05, 0.1) is 0 Å². The van der Waals surface area contributed by atoms with E-state index >= 15 is 0 Å². The van der Waals surface area contributed by atoms with Gasteiger partial charge in [-0.05, 0) is 55.2 Å². The summed E-state index contributed by atoms with van der Waals surface area (Å²) in [6, 6.07) is 14.8. The molecule has 0 saturated carbocycles. The maximum Gasteiger partial charge on any atom is 0.123 e. The third-order valence-corrected chi connectivity index (χ3v) is 3.83. The third-order valence-electron chi connectivity index (χ3n) is 3.83. The van der Waals surface area contributed by atoms with E-state index in [9.17, 15) is 0 Å². The second-order valence-corrected chi connectivity index (χ2v) is 6.24. The number of hydrogen-bond acceptors (Lipinski definition) is 2. The number of rotatable bonds is 2. The summed E-state index contributed by atoms with van der Waals surface area (Å²) in [6.45, 7) is 6.28. The van der Waals surface area contributed by atoms with Crippen molar-refractivity contribution in [1.29, 1.82) is 0 Å². The monoisotopic (exact) mass is 267 g/mol. The van der Waals surface area contributed by atoms with Gasteiger partial charge in [-0.2, -0.15) is 0 Å². The van der Waals surface area contributed by atoms with Crippen LogP contribution in [-0.2, 0) is 6.42 Å². The molecule has 1 unspecified atom stereocenters. The van der Waals surface area contributed by atoms with Crippen LogP contribution in [0.1, 0.15) is 37.9 Å². The Bertz CT molecular complexity index is 644. The van der Waals surface area contributed by atoms with Gasteiger partial charge in [-0.25, -0.2) is 0 Å². The van der Waals surface area contributed by atoms with Crippen LogP contribution < -0.4 is 10.5 Å². The largest absolute Gasteiger partial charge is 0.487 e. The van der Waals surface area contributed by atoms with Gasteiger partial charge in [-0.15, -0.1) is 0 Å². The van der Waals surface area contributed by atoms with Crippen molar-refractivity contribution in [2.75, 3.05) is 0 Å². The number of fused-ring (bicyclic) bond motifs is 1. The Morgan fingerprint density at radius 1 is 1.15 bits per heavy atom. The van der Waals surface area contributed by atoms with Crippen LogP contribution in [0.2, 0.25) is 0 Å². The predicted molar refractivity (Wildman–Crippen MR) is 82.9 cm³/mol. The SMILES string of the molecule is CC(N)c1ccccc1-c1ccc2c(c1)CC(C)(C)O2. The maximum atomic E-state index is 6.08. The summed E-state index contributed by atoms with van der Waals surface area (Å²) in [5.74, 6) is 1.01. The molecule has 0 aliphatic carbocycles. The second kappa shape index (κ2) is 4.64. The maximum absolute atomic E-state index is 6.08. The lowest BCUT2D eigenvalue weighted by Gasteiger charge is -2.16. The molecule has 1 aliphatic heterocycles. The fraction of sp³-hybridized carbons (Fsp3) is 0.333. The lowest BCUT2D eigenvalue weighted by molar-refractivity contribution is 0.138. The summed E-state index contributed by atoms with van der Waals surface area (Å²) in [5.41, 5.74) is 10.9. The van der Waals surface area contributed by atoms with Gasteiger partial charge in [0.2, 0.25) is 0 Å². The van der Waals surface area contributed by atoms with Crippen molar-refractivity contribution < 1.29 is 4.74 Å². The molecular formula is C18H21NO. The average Bonchev–Trinajstić information content (AvgIpc) is 2.71. The summed E-state index contributed by atoms with van der Waals surface area (Å²) in [7, 11) is 0. The van der Waals surface area contributed by atoms with Crippen molar-refractivity contribution in [2.24, 2.45) is 5.73 Å². The first-order chi connectivity index (χ1) is 9.46. The summed E-state index contributed by atoms with van der Waals surface area (Å²) in [4.78, 5) is 0. The van der Waals surface area contributed by atoms with Crippen molar-refractivity contribution in [3.05, 3.63) is 53.6 Å². The summed E-state index contributed by atoms with van der Waals surface area (Å²) in [6.07, 6.45) is 0.955. The standard InChI is InChI=1S/C18H21NO/c1-12(19)15-6-4-5-7-16(15)13-8-9-17-14(10-13)11-18(2,3)20-17/h4-10,12H,11,19H2,1-3H3. The van der Waals surface area contributed by atoms with Crippen LogP contribution in [-0.4, -0.2) is 5.60 Å². The molecule has 1 heterocycles. The Morgan fingerprint density at radius 2 is 1.90 bits per heavy atom. The fourth-order valence-corrected chi connectivity index (χ4v) is 2.93. The smallest absolute Gasteiger partial charge is 0.123 e. The van der Waals surface area contributed by atoms with Gasteiger partial charge >= 0.3 is 0 Å². The first-order valence-corrected chi connectivity index (χ1v) is 7.13. The highest BCUT2D eigenvalue weighted by atomic mass is 16.5. The topological polar surface area (TPSA) is 35.2 Å². The van der Waals surface area contributed by atoms with Crippen LogP contribution >= 0.6 is 0 Å². The lowest BCUT2D eigenvalue weighted by Crippen LogP contribution is -2.24. The van der Waals surface area contributed by atoms with Gasteiger partial charge in [0.15, 0.2) is 0 Å². The molecule has 2 heteroatoms. The van der Waals surface area contributed by atoms with Gasteiger partial charge in [-0.1, -0.05) is 30.3 Å². The van der Waals surface area contributed by atoms with Gasteiger partial charge in [0.1, 0.15) is 11.4 Å². The molecule has 2 aromatic rings. The Kier molecular flexibility index (Phi) is 3.06. The molecule has 2 N–H and O–H groups in total. The highest BCUT2D eigenvalue weighted by Crippen LogP contribution is 2.38. The molecule has 1 aliphatic rings. The van der Waals surface area contributed by atoms with Crippen LogP contribution in [0.5, 0.6) is 5.75 Å². The minimum absolute atomic E-state index is 0.0344. The van der Waals surface area contributed by atoms with Crippen molar-refractivity contribution in [2.45, 2.75) is 38.8 Å². The molecule has 20 heavy (non-hydrogen) atoms. The fourth-order valence-electron chi connectivity index (χ4n) is 2.93. The Balaban J connectivity index is 2.06. The van der Waals surface area contributed by atoms with E-state index in [-0.39, 0.29) is 11.6 Å². The van der Waals surface area contributed by atoms with Crippen molar-refractivity contribution in [1.82, 2.24) is 0 Å². The Labute approximate surface area is 120 Å². The molecule has 0 bridgehead atoms. The highest BCUT2D eigenvalue weighted by Gasteiger charge is 2.30. The van der Waals surface area contributed by atoms with E-state index in [1.165, 1.54) is 22.3 Å². The van der Waals surface area contributed by atoms with E-state index in [4.69, 9.17) is 10.5 Å². The first-order valence-electron chi connectivity index (χ1n) is 7.13. The molecular weight excluding hydrogens is 246 g/mol. The number of benzene rings is 2. The van der Waals surface area contributed by atoms with Crippen LogP contribution in [0.25, 0.3) is 11.1 Å². The zero-order valence-corrected chi connectivity index (χ0v) is 12.3. The average molecular weight is 267 g/mol. The summed E-state index contributed by atoms with van der Waals surface area (Å²) in [5, 5.41) is 0. The molecule has 104 valence electrons. The molecule has 1 atom stereocenters. The van der Waals surface area contributed by atoms with E-state index in [1.807, 2.05) is 13.0 Å². The van der Waals surface area contributed by atoms with Crippen LogP contribution in [0.15, 0.2) is 42.5 Å². The van der Waals surface area contributed by atoms with E-state index in [0.717, 1.165) is 12.2 Å². The van der Waals surface area contributed by atoms with Gasteiger partial charge < -0.3 is 10.5 Å². The number of hydrogen-bond donors (Lipinski definition) is 1. The Hall–Kier alpha value is -1.80. The molecule has 0 saturated heterocycles. The normalized spacial score (nSPS) is 17.4. The molecule has 0 radical (unpaired) electrons. The van der Waals surface area contributed by atoms with Crippen molar-refractivity contribution in [3.63, 3.8) is 0 Å². The lowest BCUT2D eigenvalue weighted by atomic mass is 9.93. The van der Waals surface area contributed by atoms with E-state index in [0.29, 0.717) is 0 Å². The quantitative estimate of drug-likeness (QED) is 0.889. The third kappa shape index (κ3) is 2.32. The molecule has 0 aromatic heterocycles. The molecule has 0 fully saturated rings. The van der Waals surface area contributed by atoms with Crippen LogP contribution in [0, 0.1) is 0 Å². The molecule has 0 amide bonds.